The van der Waals surface area contributed by atoms with Crippen molar-refractivity contribution in [1.82, 2.24) is 15.0 Å². The van der Waals surface area contributed by atoms with Gasteiger partial charge in [-0.05, 0) is 49.7 Å². The van der Waals surface area contributed by atoms with Crippen LogP contribution in [-0.4, -0.2) is 15.0 Å². The lowest BCUT2D eigenvalue weighted by Crippen LogP contribution is -1.98. The minimum absolute atomic E-state index is 0.0464. The topological polar surface area (TPSA) is 47.9 Å². The molecule has 0 radical (unpaired) electrons. The molecule has 1 aromatic carbocycles. The molecule has 0 amide bonds. The van der Waals surface area contributed by atoms with E-state index in [4.69, 9.17) is 4.74 Å². The summed E-state index contributed by atoms with van der Waals surface area (Å²) in [5.74, 6) is -0.686. The fourth-order valence-corrected chi connectivity index (χ4v) is 2.81. The smallest absolute Gasteiger partial charge is 0.155 e. The number of hydrogen-bond donors (Lipinski definition) is 0. The maximum Gasteiger partial charge on any atom is 0.155 e. The van der Waals surface area contributed by atoms with Crippen LogP contribution in [0.3, 0.4) is 0 Å². The quantitative estimate of drug-likeness (QED) is 0.490. The molecule has 0 unspecified atom stereocenters. The summed E-state index contributed by atoms with van der Waals surface area (Å²) in [4.78, 5) is 12.9. The first kappa shape index (κ1) is 17.0. The van der Waals surface area contributed by atoms with Gasteiger partial charge in [0, 0.05) is 29.5 Å². The molecule has 27 heavy (non-hydrogen) atoms. The number of aromatic nitrogens is 3. The molecule has 0 saturated carbocycles. The van der Waals surface area contributed by atoms with Crippen LogP contribution >= 0.6 is 0 Å². The Morgan fingerprint density at radius 1 is 0.889 bits per heavy atom. The fourth-order valence-electron chi connectivity index (χ4n) is 2.81. The van der Waals surface area contributed by atoms with Crippen molar-refractivity contribution in [2.24, 2.45) is 0 Å². The summed E-state index contributed by atoms with van der Waals surface area (Å²) in [6, 6.07) is 10.9. The van der Waals surface area contributed by atoms with Crippen molar-refractivity contribution in [3.05, 3.63) is 77.8 Å². The van der Waals surface area contributed by atoms with Gasteiger partial charge >= 0.3 is 0 Å². The zero-order chi connectivity index (χ0) is 19.0. The first-order valence-corrected chi connectivity index (χ1v) is 8.34. The highest BCUT2D eigenvalue weighted by Crippen LogP contribution is 2.35. The first-order valence-electron chi connectivity index (χ1n) is 8.34. The molecule has 0 aliphatic heterocycles. The van der Waals surface area contributed by atoms with Crippen LogP contribution in [0, 0.1) is 25.5 Å². The molecule has 4 aromatic rings. The number of halogens is 2. The van der Waals surface area contributed by atoms with Gasteiger partial charge in [0.2, 0.25) is 0 Å². The first-order chi connectivity index (χ1) is 13.0. The van der Waals surface area contributed by atoms with Gasteiger partial charge in [0.25, 0.3) is 0 Å². The van der Waals surface area contributed by atoms with Crippen LogP contribution in [0.25, 0.3) is 22.3 Å². The summed E-state index contributed by atoms with van der Waals surface area (Å²) in [5, 5.41) is 0.250. The largest absolute Gasteiger partial charge is 0.454 e. The Morgan fingerprint density at radius 2 is 1.74 bits per heavy atom. The average molecular weight is 363 g/mol. The molecule has 0 bridgehead atoms. The van der Waals surface area contributed by atoms with Crippen molar-refractivity contribution in [3.8, 4) is 22.9 Å². The molecule has 0 fully saturated rings. The standard InChI is InChI=1S/C21H15F2N3O/c1-12-9-19(21(26-13(12)2)17-5-3-4-7-24-17)27-18-6-8-25-20-15(18)10-14(22)11-16(20)23/h3-11H,1-2H3. The van der Waals surface area contributed by atoms with E-state index in [9.17, 15) is 8.78 Å². The highest BCUT2D eigenvalue weighted by Gasteiger charge is 2.16. The molecular weight excluding hydrogens is 348 g/mol. The molecule has 0 saturated heterocycles. The number of hydrogen-bond acceptors (Lipinski definition) is 4. The number of fused-ring (bicyclic) bond motifs is 1. The number of ether oxygens (including phenoxy) is 1. The highest BCUT2D eigenvalue weighted by atomic mass is 19.1. The summed E-state index contributed by atoms with van der Waals surface area (Å²) in [7, 11) is 0. The van der Waals surface area contributed by atoms with Crippen molar-refractivity contribution in [2.45, 2.75) is 13.8 Å². The van der Waals surface area contributed by atoms with Crippen LogP contribution in [0.1, 0.15) is 11.3 Å². The van der Waals surface area contributed by atoms with Gasteiger partial charge in [-0.15, -0.1) is 0 Å². The van der Waals surface area contributed by atoms with Crippen molar-refractivity contribution < 1.29 is 13.5 Å². The normalized spacial score (nSPS) is 11.0. The average Bonchev–Trinajstić information content (AvgIpc) is 2.66. The Morgan fingerprint density at radius 3 is 2.52 bits per heavy atom. The molecular formula is C21H15F2N3O. The van der Waals surface area contributed by atoms with Crippen molar-refractivity contribution >= 4 is 10.9 Å². The highest BCUT2D eigenvalue weighted by molar-refractivity contribution is 5.86. The fraction of sp³-hybridized carbons (Fsp3) is 0.0952. The molecule has 3 aromatic heterocycles. The minimum Gasteiger partial charge on any atom is -0.454 e. The van der Waals surface area contributed by atoms with Crippen molar-refractivity contribution in [3.63, 3.8) is 0 Å². The molecule has 3 heterocycles. The van der Waals surface area contributed by atoms with E-state index >= 15 is 0 Å². The zero-order valence-corrected chi connectivity index (χ0v) is 14.7. The zero-order valence-electron chi connectivity index (χ0n) is 14.7. The SMILES string of the molecule is Cc1cc(Oc2ccnc3c(F)cc(F)cc23)c(-c2ccccn2)nc1C. The molecule has 6 heteroatoms. The van der Waals surface area contributed by atoms with E-state index in [1.54, 1.807) is 12.3 Å². The summed E-state index contributed by atoms with van der Waals surface area (Å²) in [6.07, 6.45) is 3.09. The lowest BCUT2D eigenvalue weighted by atomic mass is 10.1. The number of pyridine rings is 3. The molecule has 0 aliphatic rings. The van der Waals surface area contributed by atoms with E-state index in [-0.39, 0.29) is 10.9 Å². The second kappa shape index (κ2) is 6.72. The molecule has 4 rings (SSSR count). The van der Waals surface area contributed by atoms with E-state index in [0.29, 0.717) is 22.9 Å². The molecule has 0 N–H and O–H groups in total. The minimum atomic E-state index is -0.737. The molecule has 0 aliphatic carbocycles. The third kappa shape index (κ3) is 3.21. The van der Waals surface area contributed by atoms with E-state index in [1.807, 2.05) is 38.1 Å². The Labute approximate surface area is 154 Å². The molecule has 0 spiro atoms. The Bertz CT molecular complexity index is 1150. The predicted octanol–water partition coefficient (Wildman–Crippen LogP) is 5.38. The summed E-state index contributed by atoms with van der Waals surface area (Å²) < 4.78 is 33.8. The van der Waals surface area contributed by atoms with Gasteiger partial charge in [-0.2, -0.15) is 0 Å². The van der Waals surface area contributed by atoms with Gasteiger partial charge in [-0.25, -0.2) is 13.8 Å². The van der Waals surface area contributed by atoms with Gasteiger partial charge < -0.3 is 4.74 Å². The number of nitrogens with zero attached hydrogens (tertiary/aromatic N) is 3. The van der Waals surface area contributed by atoms with Crippen molar-refractivity contribution in [1.29, 1.82) is 0 Å². The summed E-state index contributed by atoms with van der Waals surface area (Å²) in [6.45, 7) is 3.82. The number of benzene rings is 1. The molecule has 134 valence electrons. The van der Waals surface area contributed by atoms with Gasteiger partial charge in [0.15, 0.2) is 11.6 Å². The van der Waals surface area contributed by atoms with Crippen molar-refractivity contribution in [2.75, 3.05) is 0 Å². The van der Waals surface area contributed by atoms with E-state index in [2.05, 4.69) is 15.0 Å². The second-order valence-electron chi connectivity index (χ2n) is 6.15. The maximum atomic E-state index is 14.0. The second-order valence-corrected chi connectivity index (χ2v) is 6.15. The van der Waals surface area contributed by atoms with Crippen LogP contribution in [0.5, 0.6) is 11.5 Å². The Kier molecular flexibility index (Phi) is 4.24. The van der Waals surface area contributed by atoms with Gasteiger partial charge in [-0.3, -0.25) is 9.97 Å². The van der Waals surface area contributed by atoms with Gasteiger partial charge in [0.1, 0.15) is 22.8 Å². The van der Waals surface area contributed by atoms with E-state index in [0.717, 1.165) is 17.3 Å². The monoisotopic (exact) mass is 363 g/mol. The number of rotatable bonds is 3. The predicted molar refractivity (Wildman–Crippen MR) is 98.7 cm³/mol. The van der Waals surface area contributed by atoms with Crippen LogP contribution in [0.4, 0.5) is 8.78 Å². The van der Waals surface area contributed by atoms with Gasteiger partial charge in [0.05, 0.1) is 5.69 Å². The molecule has 0 atom stereocenters. The lowest BCUT2D eigenvalue weighted by Gasteiger charge is -2.14. The summed E-state index contributed by atoms with van der Waals surface area (Å²) in [5.41, 5.74) is 3.03. The van der Waals surface area contributed by atoms with E-state index in [1.165, 1.54) is 12.3 Å². The Balaban J connectivity index is 1.89. The third-order valence-electron chi connectivity index (χ3n) is 4.28. The maximum absolute atomic E-state index is 14.0. The van der Waals surface area contributed by atoms with Crippen LogP contribution in [0.15, 0.2) is 54.9 Å². The Hall–Kier alpha value is -3.41. The molecule has 4 nitrogen and oxygen atoms in total. The lowest BCUT2D eigenvalue weighted by molar-refractivity contribution is 0.485. The van der Waals surface area contributed by atoms with Crippen LogP contribution in [0.2, 0.25) is 0 Å². The van der Waals surface area contributed by atoms with Crippen LogP contribution in [-0.2, 0) is 0 Å². The number of aryl methyl sites for hydroxylation is 2. The van der Waals surface area contributed by atoms with E-state index < -0.39 is 11.6 Å². The van der Waals surface area contributed by atoms with Crippen LogP contribution < -0.4 is 4.74 Å². The third-order valence-corrected chi connectivity index (χ3v) is 4.28. The summed E-state index contributed by atoms with van der Waals surface area (Å²) >= 11 is 0. The van der Waals surface area contributed by atoms with Gasteiger partial charge in [-0.1, -0.05) is 6.07 Å².